The number of hydrogen-bond donors (Lipinski definition) is 2. The molecule has 0 radical (unpaired) electrons. The Morgan fingerprint density at radius 2 is 2.18 bits per heavy atom. The highest BCUT2D eigenvalue weighted by Gasteiger charge is 2.26. The van der Waals surface area contributed by atoms with Crippen molar-refractivity contribution in [2.24, 2.45) is 0 Å². The number of amides is 1. The van der Waals surface area contributed by atoms with Gasteiger partial charge < -0.3 is 10.4 Å². The molecule has 0 aliphatic carbocycles. The molecule has 2 atom stereocenters. The van der Waals surface area contributed by atoms with Gasteiger partial charge in [-0.25, -0.2) is 18.9 Å². The van der Waals surface area contributed by atoms with Crippen LogP contribution in [0.25, 0.3) is 0 Å². The molecule has 7 nitrogen and oxygen atoms in total. The van der Waals surface area contributed by atoms with Crippen molar-refractivity contribution < 1.29 is 19.1 Å². The average Bonchev–Trinajstić information content (AvgIpc) is 3.00. The molecule has 0 bridgehead atoms. The van der Waals surface area contributed by atoms with Crippen LogP contribution in [0.3, 0.4) is 0 Å². The summed E-state index contributed by atoms with van der Waals surface area (Å²) >= 11 is 5.56. The van der Waals surface area contributed by atoms with Gasteiger partial charge in [0.15, 0.2) is 6.04 Å². The van der Waals surface area contributed by atoms with Crippen LogP contribution < -0.4 is 5.32 Å². The number of hydrogen-bond acceptors (Lipinski definition) is 4. The van der Waals surface area contributed by atoms with Crippen molar-refractivity contribution in [3.63, 3.8) is 0 Å². The molecule has 9 heteroatoms. The normalized spacial score (nSPS) is 13.4. The highest BCUT2D eigenvalue weighted by molar-refractivity contribution is 6.30. The predicted molar refractivity (Wildman–Crippen MR) is 74.7 cm³/mol. The number of carbonyl (C=O) groups is 2. The van der Waals surface area contributed by atoms with E-state index in [9.17, 15) is 19.1 Å². The molecule has 2 N–H and O–H groups in total. The Hall–Kier alpha value is -2.48. The molecule has 2 unspecified atom stereocenters. The topological polar surface area (TPSA) is 97.1 Å². The summed E-state index contributed by atoms with van der Waals surface area (Å²) in [7, 11) is 0. The van der Waals surface area contributed by atoms with E-state index in [-0.39, 0.29) is 10.6 Å². The maximum Gasteiger partial charge on any atom is 0.330 e. The minimum Gasteiger partial charge on any atom is -0.479 e. The molecule has 1 amide bonds. The van der Waals surface area contributed by atoms with Gasteiger partial charge in [0.2, 0.25) is 5.91 Å². The Labute approximate surface area is 129 Å². The fourth-order valence-electron chi connectivity index (χ4n) is 1.78. The van der Waals surface area contributed by atoms with E-state index in [0.717, 1.165) is 6.07 Å². The van der Waals surface area contributed by atoms with E-state index in [1.54, 1.807) is 0 Å². The summed E-state index contributed by atoms with van der Waals surface area (Å²) in [5, 5.41) is 15.3. The number of carbonyl (C=O) groups excluding carboxylic acids is 1. The summed E-state index contributed by atoms with van der Waals surface area (Å²) in [4.78, 5) is 27.1. The van der Waals surface area contributed by atoms with Crippen LogP contribution >= 0.6 is 11.6 Å². The second kappa shape index (κ2) is 6.52. The lowest BCUT2D eigenvalue weighted by atomic mass is 10.1. The van der Waals surface area contributed by atoms with E-state index >= 15 is 0 Å². The highest BCUT2D eigenvalue weighted by atomic mass is 35.5. The zero-order valence-corrected chi connectivity index (χ0v) is 12.2. The van der Waals surface area contributed by atoms with Crippen LogP contribution in [0.5, 0.6) is 0 Å². The molecule has 1 heterocycles. The Morgan fingerprint density at radius 3 is 2.73 bits per heavy atom. The molecule has 22 heavy (non-hydrogen) atoms. The molecule has 0 aliphatic heterocycles. The van der Waals surface area contributed by atoms with Gasteiger partial charge >= 0.3 is 5.97 Å². The average molecular weight is 327 g/mol. The van der Waals surface area contributed by atoms with Crippen LogP contribution in [-0.4, -0.2) is 31.7 Å². The quantitative estimate of drug-likeness (QED) is 0.869. The Kier molecular flexibility index (Phi) is 4.71. The molecule has 0 aliphatic rings. The zero-order chi connectivity index (χ0) is 16.3. The first kappa shape index (κ1) is 15.9. The lowest BCUT2D eigenvalue weighted by Crippen LogP contribution is -2.38. The van der Waals surface area contributed by atoms with Gasteiger partial charge in [-0.3, -0.25) is 4.79 Å². The maximum atomic E-state index is 13.5. The number of nitrogens with zero attached hydrogens (tertiary/aromatic N) is 3. The first-order chi connectivity index (χ1) is 10.4. The Morgan fingerprint density at radius 1 is 1.45 bits per heavy atom. The summed E-state index contributed by atoms with van der Waals surface area (Å²) in [6, 6.07) is 1.38. The predicted octanol–water partition coefficient (Wildman–Crippen LogP) is 1.57. The standard InChI is InChI=1S/C13H12ClFN4O3/c1-7(19-6-16-5-17-19)12(20)18-11(13(21)22)8-2-3-9(14)10(15)4-8/h2-7,11H,1H3,(H,18,20)(H,21,22). The summed E-state index contributed by atoms with van der Waals surface area (Å²) in [5.74, 6) is -2.67. The first-order valence-electron chi connectivity index (χ1n) is 6.22. The number of benzene rings is 1. The van der Waals surface area contributed by atoms with Gasteiger partial charge in [-0.2, -0.15) is 5.10 Å². The van der Waals surface area contributed by atoms with Crippen LogP contribution in [-0.2, 0) is 9.59 Å². The zero-order valence-electron chi connectivity index (χ0n) is 11.4. The number of aliphatic carboxylic acids is 1. The minimum atomic E-state index is -1.40. The third-order valence-electron chi connectivity index (χ3n) is 3.02. The van der Waals surface area contributed by atoms with Crippen LogP contribution in [0.15, 0.2) is 30.9 Å². The second-order valence-corrected chi connectivity index (χ2v) is 4.91. The molecule has 1 aromatic heterocycles. The molecular weight excluding hydrogens is 315 g/mol. The molecule has 0 saturated carbocycles. The smallest absolute Gasteiger partial charge is 0.330 e. The third kappa shape index (κ3) is 3.40. The van der Waals surface area contributed by atoms with Crippen molar-refractivity contribution in [1.82, 2.24) is 20.1 Å². The lowest BCUT2D eigenvalue weighted by Gasteiger charge is -2.18. The monoisotopic (exact) mass is 326 g/mol. The molecule has 1 aromatic carbocycles. The maximum absolute atomic E-state index is 13.5. The van der Waals surface area contributed by atoms with Crippen LogP contribution in [0, 0.1) is 5.82 Å². The van der Waals surface area contributed by atoms with Crippen LogP contribution in [0.4, 0.5) is 4.39 Å². The van der Waals surface area contributed by atoms with Gasteiger partial charge in [0.25, 0.3) is 0 Å². The molecule has 0 spiro atoms. The van der Waals surface area contributed by atoms with E-state index in [1.165, 1.54) is 36.4 Å². The molecule has 116 valence electrons. The van der Waals surface area contributed by atoms with Gasteiger partial charge in [0.1, 0.15) is 24.5 Å². The highest BCUT2D eigenvalue weighted by Crippen LogP contribution is 2.21. The van der Waals surface area contributed by atoms with Crippen LogP contribution in [0.2, 0.25) is 5.02 Å². The van der Waals surface area contributed by atoms with E-state index in [1.807, 2.05) is 0 Å². The number of carboxylic acid groups (broad SMARTS) is 1. The third-order valence-corrected chi connectivity index (χ3v) is 3.33. The summed E-state index contributed by atoms with van der Waals surface area (Å²) in [6.45, 7) is 1.53. The SMILES string of the molecule is CC(C(=O)NC(C(=O)O)c1ccc(Cl)c(F)c1)n1cncn1. The molecular formula is C13H12ClFN4O3. The molecule has 0 saturated heterocycles. The Bertz CT molecular complexity index is 693. The van der Waals surface area contributed by atoms with E-state index in [2.05, 4.69) is 15.4 Å². The lowest BCUT2D eigenvalue weighted by molar-refractivity contribution is -0.142. The molecule has 2 aromatic rings. The molecule has 0 fully saturated rings. The van der Waals surface area contributed by atoms with Gasteiger partial charge in [-0.15, -0.1) is 0 Å². The first-order valence-corrected chi connectivity index (χ1v) is 6.60. The molecule has 2 rings (SSSR count). The number of rotatable bonds is 5. The van der Waals surface area contributed by atoms with E-state index in [0.29, 0.717) is 0 Å². The van der Waals surface area contributed by atoms with Crippen molar-refractivity contribution in [3.05, 3.63) is 47.3 Å². The van der Waals surface area contributed by atoms with Crippen molar-refractivity contribution in [1.29, 1.82) is 0 Å². The summed E-state index contributed by atoms with van der Waals surface area (Å²) < 4.78 is 14.7. The van der Waals surface area contributed by atoms with E-state index < -0.39 is 29.8 Å². The van der Waals surface area contributed by atoms with Crippen molar-refractivity contribution in [3.8, 4) is 0 Å². The van der Waals surface area contributed by atoms with Gasteiger partial charge in [0, 0.05) is 0 Å². The second-order valence-electron chi connectivity index (χ2n) is 4.50. The van der Waals surface area contributed by atoms with Crippen molar-refractivity contribution in [2.75, 3.05) is 0 Å². The largest absolute Gasteiger partial charge is 0.479 e. The van der Waals surface area contributed by atoms with Gasteiger partial charge in [-0.05, 0) is 24.6 Å². The summed E-state index contributed by atoms with van der Waals surface area (Å²) in [6.07, 6.45) is 2.59. The number of nitrogens with one attached hydrogen (secondary N) is 1. The van der Waals surface area contributed by atoms with Crippen LogP contribution in [0.1, 0.15) is 24.6 Å². The van der Waals surface area contributed by atoms with Crippen molar-refractivity contribution in [2.45, 2.75) is 19.0 Å². The Balaban J connectivity index is 2.20. The van der Waals surface area contributed by atoms with Gasteiger partial charge in [0.05, 0.1) is 5.02 Å². The fourth-order valence-corrected chi connectivity index (χ4v) is 1.90. The van der Waals surface area contributed by atoms with E-state index in [4.69, 9.17) is 11.6 Å². The fraction of sp³-hybridized carbons (Fsp3) is 0.231. The minimum absolute atomic E-state index is 0.0774. The number of carboxylic acids is 1. The number of aromatic nitrogens is 3. The summed E-state index contributed by atoms with van der Waals surface area (Å²) in [5.41, 5.74) is 0.0774. The van der Waals surface area contributed by atoms with Crippen molar-refractivity contribution >= 4 is 23.5 Å². The van der Waals surface area contributed by atoms with Gasteiger partial charge in [-0.1, -0.05) is 17.7 Å². The number of halogens is 2.